The third-order valence-electron chi connectivity index (χ3n) is 3.53. The quantitative estimate of drug-likeness (QED) is 0.728. The Hall–Kier alpha value is -0.0800. The van der Waals surface area contributed by atoms with Crippen molar-refractivity contribution >= 4 is 0 Å². The molecule has 1 aliphatic carbocycles. The van der Waals surface area contributed by atoms with E-state index in [2.05, 4.69) is 31.1 Å². The topological polar surface area (TPSA) is 15.3 Å². The molecule has 0 amide bonds. The number of rotatable bonds is 6. The molecule has 0 bridgehead atoms. The fraction of sp³-hybridized carbons (Fsp3) is 1.00. The van der Waals surface area contributed by atoms with Crippen LogP contribution in [0.4, 0.5) is 0 Å². The fourth-order valence-corrected chi connectivity index (χ4v) is 2.63. The average Bonchev–Trinajstić information content (AvgIpc) is 2.27. The van der Waals surface area contributed by atoms with E-state index in [-0.39, 0.29) is 0 Å². The monoisotopic (exact) mass is 212 g/mol. The molecule has 0 aromatic carbocycles. The molecule has 0 aromatic rings. The second-order valence-electron chi connectivity index (χ2n) is 4.95. The molecular formula is C13H28N2. The van der Waals surface area contributed by atoms with Gasteiger partial charge in [0.1, 0.15) is 0 Å². The van der Waals surface area contributed by atoms with Crippen molar-refractivity contribution in [1.82, 2.24) is 10.2 Å². The smallest absolute Gasteiger partial charge is 0.0107 e. The van der Waals surface area contributed by atoms with Gasteiger partial charge in [0.2, 0.25) is 0 Å². The van der Waals surface area contributed by atoms with E-state index in [1.54, 1.807) is 0 Å². The van der Waals surface area contributed by atoms with Gasteiger partial charge < -0.3 is 10.2 Å². The van der Waals surface area contributed by atoms with Crippen LogP contribution in [0.25, 0.3) is 0 Å². The van der Waals surface area contributed by atoms with Gasteiger partial charge in [0.15, 0.2) is 0 Å². The molecule has 0 saturated heterocycles. The van der Waals surface area contributed by atoms with Gasteiger partial charge in [-0.15, -0.1) is 0 Å². The molecule has 0 aliphatic heterocycles. The molecule has 1 rings (SSSR count). The SMILES string of the molecule is CCCNC1CCCC(N(C)CCC)C1. The summed E-state index contributed by atoms with van der Waals surface area (Å²) in [5, 5.41) is 3.67. The summed E-state index contributed by atoms with van der Waals surface area (Å²) in [4.78, 5) is 2.56. The normalized spacial score (nSPS) is 27.2. The summed E-state index contributed by atoms with van der Waals surface area (Å²) in [6.45, 7) is 6.96. The van der Waals surface area contributed by atoms with Crippen LogP contribution < -0.4 is 5.32 Å². The Morgan fingerprint density at radius 3 is 2.67 bits per heavy atom. The number of nitrogens with zero attached hydrogens (tertiary/aromatic N) is 1. The molecule has 90 valence electrons. The van der Waals surface area contributed by atoms with Gasteiger partial charge in [-0.05, 0) is 52.2 Å². The molecular weight excluding hydrogens is 184 g/mol. The predicted octanol–water partition coefficient (Wildman–Crippen LogP) is 2.64. The van der Waals surface area contributed by atoms with E-state index >= 15 is 0 Å². The Balaban J connectivity index is 2.28. The minimum absolute atomic E-state index is 0.781. The summed E-state index contributed by atoms with van der Waals surface area (Å²) >= 11 is 0. The lowest BCUT2D eigenvalue weighted by Crippen LogP contribution is -2.43. The summed E-state index contributed by atoms with van der Waals surface area (Å²) in [6.07, 6.45) is 8.08. The summed E-state index contributed by atoms with van der Waals surface area (Å²) in [6, 6.07) is 1.61. The van der Waals surface area contributed by atoms with Crippen LogP contribution in [0.5, 0.6) is 0 Å². The predicted molar refractivity (Wildman–Crippen MR) is 67.3 cm³/mol. The Labute approximate surface area is 95.4 Å². The number of hydrogen-bond acceptors (Lipinski definition) is 2. The maximum Gasteiger partial charge on any atom is 0.0107 e. The zero-order valence-electron chi connectivity index (χ0n) is 10.8. The van der Waals surface area contributed by atoms with Crippen molar-refractivity contribution in [3.63, 3.8) is 0 Å². The fourth-order valence-electron chi connectivity index (χ4n) is 2.63. The van der Waals surface area contributed by atoms with E-state index < -0.39 is 0 Å². The highest BCUT2D eigenvalue weighted by molar-refractivity contribution is 4.82. The Morgan fingerprint density at radius 2 is 2.00 bits per heavy atom. The van der Waals surface area contributed by atoms with Crippen molar-refractivity contribution in [3.8, 4) is 0 Å². The third-order valence-corrected chi connectivity index (χ3v) is 3.53. The molecule has 2 unspecified atom stereocenters. The standard InChI is InChI=1S/C13H28N2/c1-4-9-14-12-7-6-8-13(11-12)15(3)10-5-2/h12-14H,4-11H2,1-3H3. The maximum atomic E-state index is 3.67. The van der Waals surface area contributed by atoms with Crippen LogP contribution in [-0.4, -0.2) is 37.1 Å². The van der Waals surface area contributed by atoms with E-state index in [4.69, 9.17) is 0 Å². The first-order valence-electron chi connectivity index (χ1n) is 6.71. The van der Waals surface area contributed by atoms with E-state index in [9.17, 15) is 0 Å². The van der Waals surface area contributed by atoms with Crippen molar-refractivity contribution in [2.75, 3.05) is 20.1 Å². The van der Waals surface area contributed by atoms with Gasteiger partial charge in [-0.3, -0.25) is 0 Å². The molecule has 2 heteroatoms. The van der Waals surface area contributed by atoms with Gasteiger partial charge >= 0.3 is 0 Å². The molecule has 2 atom stereocenters. The minimum atomic E-state index is 0.781. The zero-order valence-corrected chi connectivity index (χ0v) is 10.8. The van der Waals surface area contributed by atoms with Crippen LogP contribution in [0.3, 0.4) is 0 Å². The van der Waals surface area contributed by atoms with Crippen molar-refractivity contribution in [2.24, 2.45) is 0 Å². The molecule has 0 heterocycles. The van der Waals surface area contributed by atoms with E-state index in [1.807, 2.05) is 0 Å². The molecule has 1 saturated carbocycles. The molecule has 0 radical (unpaired) electrons. The first-order valence-corrected chi connectivity index (χ1v) is 6.71. The second kappa shape index (κ2) is 7.24. The summed E-state index contributed by atoms with van der Waals surface area (Å²) in [7, 11) is 2.29. The van der Waals surface area contributed by atoms with Crippen LogP contribution >= 0.6 is 0 Å². The Morgan fingerprint density at radius 1 is 1.20 bits per heavy atom. The minimum Gasteiger partial charge on any atom is -0.314 e. The van der Waals surface area contributed by atoms with Gasteiger partial charge in [0.05, 0.1) is 0 Å². The lowest BCUT2D eigenvalue weighted by Gasteiger charge is -2.35. The molecule has 0 spiro atoms. The van der Waals surface area contributed by atoms with Crippen molar-refractivity contribution in [1.29, 1.82) is 0 Å². The van der Waals surface area contributed by atoms with Crippen LogP contribution in [0.2, 0.25) is 0 Å². The van der Waals surface area contributed by atoms with Crippen LogP contribution in [0.1, 0.15) is 52.4 Å². The van der Waals surface area contributed by atoms with Gasteiger partial charge in [-0.25, -0.2) is 0 Å². The highest BCUT2D eigenvalue weighted by Gasteiger charge is 2.23. The first kappa shape index (κ1) is 13.0. The first-order chi connectivity index (χ1) is 7.27. The third kappa shape index (κ3) is 4.52. The van der Waals surface area contributed by atoms with Crippen LogP contribution in [0.15, 0.2) is 0 Å². The highest BCUT2D eigenvalue weighted by atomic mass is 15.1. The van der Waals surface area contributed by atoms with Crippen LogP contribution in [0, 0.1) is 0 Å². The lowest BCUT2D eigenvalue weighted by molar-refractivity contribution is 0.169. The molecule has 1 aliphatic rings. The zero-order chi connectivity index (χ0) is 11.1. The second-order valence-corrected chi connectivity index (χ2v) is 4.95. The molecule has 0 aromatic heterocycles. The van der Waals surface area contributed by atoms with E-state index in [0.29, 0.717) is 0 Å². The van der Waals surface area contributed by atoms with Crippen molar-refractivity contribution in [2.45, 2.75) is 64.5 Å². The van der Waals surface area contributed by atoms with E-state index in [0.717, 1.165) is 12.1 Å². The molecule has 2 nitrogen and oxygen atoms in total. The van der Waals surface area contributed by atoms with Gasteiger partial charge in [0, 0.05) is 12.1 Å². The van der Waals surface area contributed by atoms with Gasteiger partial charge in [-0.2, -0.15) is 0 Å². The molecule has 1 fully saturated rings. The van der Waals surface area contributed by atoms with Gasteiger partial charge in [-0.1, -0.05) is 20.3 Å². The molecule has 15 heavy (non-hydrogen) atoms. The number of nitrogens with one attached hydrogen (secondary N) is 1. The molecule has 1 N–H and O–H groups in total. The average molecular weight is 212 g/mol. The largest absolute Gasteiger partial charge is 0.314 e. The Bertz CT molecular complexity index is 159. The van der Waals surface area contributed by atoms with E-state index in [1.165, 1.54) is 51.6 Å². The summed E-state index contributed by atoms with van der Waals surface area (Å²) < 4.78 is 0. The number of hydrogen-bond donors (Lipinski definition) is 1. The maximum absolute atomic E-state index is 3.67. The van der Waals surface area contributed by atoms with Crippen molar-refractivity contribution in [3.05, 3.63) is 0 Å². The van der Waals surface area contributed by atoms with Crippen LogP contribution in [-0.2, 0) is 0 Å². The van der Waals surface area contributed by atoms with Crippen molar-refractivity contribution < 1.29 is 0 Å². The highest BCUT2D eigenvalue weighted by Crippen LogP contribution is 2.22. The van der Waals surface area contributed by atoms with Gasteiger partial charge in [0.25, 0.3) is 0 Å². The summed E-state index contributed by atoms with van der Waals surface area (Å²) in [5.74, 6) is 0. The Kier molecular flexibility index (Phi) is 6.26. The summed E-state index contributed by atoms with van der Waals surface area (Å²) in [5.41, 5.74) is 0. The lowest BCUT2D eigenvalue weighted by atomic mass is 9.90.